The van der Waals surface area contributed by atoms with Gasteiger partial charge in [-0.1, -0.05) is 48.1 Å². The van der Waals surface area contributed by atoms with Crippen molar-refractivity contribution < 1.29 is 27.8 Å². The molecule has 1 aromatic heterocycles. The maximum atomic E-state index is 14.4. The summed E-state index contributed by atoms with van der Waals surface area (Å²) in [6.07, 6.45) is 7.06. The first-order valence-corrected chi connectivity index (χ1v) is 13.8. The fourth-order valence-corrected chi connectivity index (χ4v) is 5.64. The zero-order valence-corrected chi connectivity index (χ0v) is 22.9. The average molecular weight is 579 g/mol. The summed E-state index contributed by atoms with van der Waals surface area (Å²) in [5.74, 6) is -1.34. The molecule has 2 unspecified atom stereocenters. The molecule has 0 saturated carbocycles. The molecule has 3 atom stereocenters. The number of hydrogen-bond acceptors (Lipinski definition) is 6. The lowest BCUT2D eigenvalue weighted by Crippen LogP contribution is -2.37. The van der Waals surface area contributed by atoms with Crippen molar-refractivity contribution in [3.63, 3.8) is 0 Å². The fourth-order valence-electron chi connectivity index (χ4n) is 5.58. The molecule has 1 saturated heterocycles. The first-order valence-electron chi connectivity index (χ1n) is 13.4. The molecule has 0 radical (unpaired) electrons. The van der Waals surface area contributed by atoms with E-state index in [0.29, 0.717) is 31.5 Å². The van der Waals surface area contributed by atoms with Crippen LogP contribution in [0.3, 0.4) is 0 Å². The zero-order valence-electron chi connectivity index (χ0n) is 22.1. The van der Waals surface area contributed by atoms with Crippen LogP contribution in [-0.2, 0) is 4.79 Å². The quantitative estimate of drug-likeness (QED) is 0.227. The molecule has 40 heavy (non-hydrogen) atoms. The van der Waals surface area contributed by atoms with Gasteiger partial charge in [0.15, 0.2) is 0 Å². The van der Waals surface area contributed by atoms with Gasteiger partial charge in [-0.05, 0) is 80.4 Å². The van der Waals surface area contributed by atoms with Crippen molar-refractivity contribution in [3.05, 3.63) is 64.9 Å². The molecular weight excluding hydrogens is 545 g/mol. The molecular formula is C29H34ClF3N4O3. The highest BCUT2D eigenvalue weighted by Gasteiger charge is 2.45. The number of allylic oxidation sites excluding steroid dienone is 8. The van der Waals surface area contributed by atoms with Crippen LogP contribution in [0.15, 0.2) is 59.2 Å². The Morgan fingerprint density at radius 2 is 2.10 bits per heavy atom. The van der Waals surface area contributed by atoms with Crippen molar-refractivity contribution in [1.29, 1.82) is 0 Å². The number of rotatable bonds is 9. The second kappa shape index (κ2) is 12.6. The zero-order chi connectivity index (χ0) is 28.9. The van der Waals surface area contributed by atoms with Crippen molar-refractivity contribution in [2.75, 3.05) is 12.3 Å². The number of hydrogen-bond donors (Lipinski definition) is 3. The summed E-state index contributed by atoms with van der Waals surface area (Å²) in [4.78, 5) is 19.6. The lowest BCUT2D eigenvalue weighted by molar-refractivity contribution is -0.184. The highest BCUT2D eigenvalue weighted by molar-refractivity contribution is 6.31. The minimum atomic E-state index is -4.73. The molecule has 3 aliphatic rings. The third kappa shape index (κ3) is 7.54. The van der Waals surface area contributed by atoms with Crippen LogP contribution in [0.4, 0.5) is 19.1 Å². The number of halogens is 4. The molecule has 2 aliphatic carbocycles. The summed E-state index contributed by atoms with van der Waals surface area (Å²) in [5.41, 5.74) is 7.88. The van der Waals surface area contributed by atoms with Crippen molar-refractivity contribution in [2.24, 2.45) is 5.41 Å². The van der Waals surface area contributed by atoms with Gasteiger partial charge in [0.1, 0.15) is 6.04 Å². The van der Waals surface area contributed by atoms with Crippen LogP contribution in [0.2, 0.25) is 0 Å². The van der Waals surface area contributed by atoms with Gasteiger partial charge in [0.25, 0.3) is 0 Å². The smallest absolute Gasteiger partial charge is 0.429 e. The van der Waals surface area contributed by atoms with Gasteiger partial charge in [0.2, 0.25) is 17.9 Å². The minimum absolute atomic E-state index is 0.0000690. The first kappa shape index (κ1) is 29.9. The van der Waals surface area contributed by atoms with Crippen LogP contribution >= 0.6 is 11.6 Å². The Morgan fingerprint density at radius 1 is 1.30 bits per heavy atom. The monoisotopic (exact) mass is 578 g/mol. The van der Waals surface area contributed by atoms with Gasteiger partial charge in [0, 0.05) is 17.6 Å². The van der Waals surface area contributed by atoms with Crippen LogP contribution in [0, 0.1) is 5.41 Å². The van der Waals surface area contributed by atoms with Gasteiger partial charge in [-0.15, -0.1) is 0 Å². The molecule has 1 fully saturated rings. The number of anilines is 1. The molecule has 4 rings (SSSR count). The Kier molecular flexibility index (Phi) is 9.41. The number of nitrogens with two attached hydrogens (primary N) is 1. The number of carboxylic acids is 1. The Labute approximate surface area is 236 Å². The van der Waals surface area contributed by atoms with Crippen LogP contribution in [-0.4, -0.2) is 45.9 Å². The molecule has 11 heteroatoms. The molecule has 4 N–H and O–H groups in total. The molecule has 0 amide bonds. The van der Waals surface area contributed by atoms with E-state index in [2.05, 4.69) is 21.9 Å². The van der Waals surface area contributed by atoms with Gasteiger partial charge in [-0.25, -0.2) is 4.98 Å². The summed E-state index contributed by atoms with van der Waals surface area (Å²) in [7, 11) is 0. The Balaban J connectivity index is 1.60. The van der Waals surface area contributed by atoms with E-state index < -0.39 is 24.3 Å². The molecule has 7 nitrogen and oxygen atoms in total. The standard InChI is InChI=1S/C29H34ClF3N4O3/c1-2-21(30)9-8-20(14-18-6-4-3-5-7-18)25(29(31,32)33)40-24-15-22(36-27(34)37-24)19-10-12-28(13-11-19)16-23(26(38)39)35-17-28/h2,6,8-10,15,23,25,35H,1,3-5,7,11-14,16-17H2,(H,38,39)(H2,34,36,37)/b20-8+,21-9+/t23?,25-,28?/m1/s1. The largest absolute Gasteiger partial charge is 0.480 e. The second-order valence-electron chi connectivity index (χ2n) is 10.7. The van der Waals surface area contributed by atoms with Crippen LogP contribution in [0.5, 0.6) is 5.88 Å². The third-order valence-corrected chi connectivity index (χ3v) is 8.03. The first-order chi connectivity index (χ1) is 19.0. The third-order valence-electron chi connectivity index (χ3n) is 7.75. The summed E-state index contributed by atoms with van der Waals surface area (Å²) < 4.78 is 48.9. The number of nitrogen functional groups attached to an aromatic ring is 1. The average Bonchev–Trinajstić information content (AvgIpc) is 3.33. The molecule has 1 aliphatic heterocycles. The maximum Gasteiger partial charge on any atom is 0.429 e. The van der Waals surface area contributed by atoms with Crippen molar-refractivity contribution in [3.8, 4) is 5.88 Å². The van der Waals surface area contributed by atoms with E-state index in [1.807, 2.05) is 12.2 Å². The highest BCUT2D eigenvalue weighted by atomic mass is 35.5. The van der Waals surface area contributed by atoms with Gasteiger partial charge in [0.05, 0.1) is 5.69 Å². The number of alkyl halides is 3. The van der Waals surface area contributed by atoms with E-state index in [4.69, 9.17) is 22.1 Å². The molecule has 1 spiro atoms. The lowest BCUT2D eigenvalue weighted by atomic mass is 9.73. The number of carboxylic acid groups (broad SMARTS) is 1. The van der Waals surface area contributed by atoms with Crippen molar-refractivity contribution in [2.45, 2.75) is 76.1 Å². The molecule has 2 heterocycles. The SMILES string of the molecule is C=C/C(Cl)=C\C=C(/CC1=CCCCC1)[C@@H](Oc1cc(C2=CCC3(CC2)CNC(C(=O)O)C3)nc(N)n1)C(F)(F)F. The normalized spacial score (nSPS) is 24.9. The van der Waals surface area contributed by atoms with Gasteiger partial charge >= 0.3 is 12.1 Å². The number of aromatic nitrogens is 2. The van der Waals surface area contributed by atoms with Gasteiger partial charge in [-0.2, -0.15) is 18.2 Å². The summed E-state index contributed by atoms with van der Waals surface area (Å²) in [6.45, 7) is 4.15. The number of aliphatic carboxylic acids is 1. The van der Waals surface area contributed by atoms with Crippen LogP contribution in [0.25, 0.3) is 5.57 Å². The lowest BCUT2D eigenvalue weighted by Gasteiger charge is -2.32. The number of nitrogens with zero attached hydrogens (tertiary/aromatic N) is 2. The maximum absolute atomic E-state index is 14.4. The van der Waals surface area contributed by atoms with E-state index in [0.717, 1.165) is 43.3 Å². The predicted octanol–water partition coefficient (Wildman–Crippen LogP) is 6.49. The Morgan fingerprint density at radius 3 is 2.70 bits per heavy atom. The van der Waals surface area contributed by atoms with Crippen molar-refractivity contribution in [1.82, 2.24) is 15.3 Å². The minimum Gasteiger partial charge on any atom is -0.480 e. The molecule has 1 aromatic rings. The van der Waals surface area contributed by atoms with Crippen LogP contribution < -0.4 is 15.8 Å². The Hall–Kier alpha value is -3.11. The van der Waals surface area contributed by atoms with E-state index >= 15 is 0 Å². The van der Waals surface area contributed by atoms with Gasteiger partial charge < -0.3 is 20.9 Å². The molecule has 0 bridgehead atoms. The Bertz CT molecular complexity index is 1260. The number of carbonyl (C=O) groups is 1. The fraction of sp³-hybridized carbons (Fsp3) is 0.483. The van der Waals surface area contributed by atoms with E-state index in [-0.39, 0.29) is 34.3 Å². The topological polar surface area (TPSA) is 110 Å². The van der Waals surface area contributed by atoms with E-state index in [1.165, 1.54) is 24.3 Å². The summed E-state index contributed by atoms with van der Waals surface area (Å²) in [6, 6.07) is 0.808. The van der Waals surface area contributed by atoms with E-state index in [1.54, 1.807) is 0 Å². The molecule has 0 aromatic carbocycles. The molecule has 216 valence electrons. The highest BCUT2D eigenvalue weighted by Crippen LogP contribution is 2.44. The van der Waals surface area contributed by atoms with Gasteiger partial charge in [-0.3, -0.25) is 4.79 Å². The van der Waals surface area contributed by atoms with Crippen molar-refractivity contribution >= 4 is 29.1 Å². The second-order valence-corrected chi connectivity index (χ2v) is 11.1. The summed E-state index contributed by atoms with van der Waals surface area (Å²) >= 11 is 6.01. The number of ether oxygens (including phenoxy) is 1. The van der Waals surface area contributed by atoms with Crippen LogP contribution in [0.1, 0.15) is 63.5 Å². The summed E-state index contributed by atoms with van der Waals surface area (Å²) in [5, 5.41) is 12.6. The predicted molar refractivity (Wildman–Crippen MR) is 149 cm³/mol. The van der Waals surface area contributed by atoms with E-state index in [9.17, 15) is 23.1 Å². The number of nitrogens with one attached hydrogen (secondary N) is 1.